The van der Waals surface area contributed by atoms with Crippen LogP contribution in [0.15, 0.2) is 51.4 Å². The van der Waals surface area contributed by atoms with E-state index in [2.05, 4.69) is 31.9 Å². The summed E-state index contributed by atoms with van der Waals surface area (Å²) in [5.41, 5.74) is -2.99. The summed E-state index contributed by atoms with van der Waals surface area (Å²) in [6.07, 6.45) is 0. The molecule has 0 amide bonds. The van der Waals surface area contributed by atoms with Crippen LogP contribution in [-0.2, 0) is 21.7 Å². The predicted molar refractivity (Wildman–Crippen MR) is 101 cm³/mol. The van der Waals surface area contributed by atoms with Gasteiger partial charge >= 0.3 is 72.4 Å². The molecule has 0 saturated carbocycles. The van der Waals surface area contributed by atoms with Gasteiger partial charge in [0.15, 0.2) is 0 Å². The molecule has 0 aliphatic carbocycles. The molecule has 0 fully saturated rings. The molecule has 2 aromatic rings. The minimum atomic E-state index is -5.57. The van der Waals surface area contributed by atoms with Gasteiger partial charge in [-0.3, -0.25) is 4.57 Å². The molecule has 0 spiro atoms. The second-order valence-corrected chi connectivity index (χ2v) is 9.42. The zero-order valence-corrected chi connectivity index (χ0v) is 23.0. The topological polar surface area (TPSA) is 57.5 Å². The molecule has 0 radical (unpaired) electrons. The van der Waals surface area contributed by atoms with Crippen molar-refractivity contribution in [3.8, 4) is 0 Å². The van der Waals surface area contributed by atoms with Gasteiger partial charge < -0.3 is 12.6 Å². The van der Waals surface area contributed by atoms with E-state index < -0.39 is 18.8 Å². The van der Waals surface area contributed by atoms with Gasteiger partial charge in [0.2, 0.25) is 0 Å². The quantitative estimate of drug-likeness (QED) is 0.397. The van der Waals surface area contributed by atoms with Gasteiger partial charge in [-0.2, -0.15) is 20.5 Å². The van der Waals surface area contributed by atoms with Crippen LogP contribution in [-0.4, -0.2) is 9.79 Å². The smallest absolute Gasteiger partial charge is 1.00 e. The summed E-state index contributed by atoms with van der Waals surface area (Å²) in [5.74, 6) is 1.36. The van der Waals surface area contributed by atoms with Crippen molar-refractivity contribution < 1.29 is 85.1 Å². The van der Waals surface area contributed by atoms with Crippen molar-refractivity contribution >= 4 is 51.2 Å². The summed E-state index contributed by atoms with van der Waals surface area (Å²) in [5, 5.41) is 0. The average Bonchev–Trinajstić information content (AvgIpc) is 2.48. The molecule has 2 N–H and O–H groups in total. The van der Waals surface area contributed by atoms with E-state index in [-0.39, 0.29) is 66.4 Å². The number of hydrogen-bond acceptors (Lipinski definition) is 2. The summed E-state index contributed by atoms with van der Waals surface area (Å²) >= 11 is 7.96. The molecule has 0 saturated heterocycles. The molecule has 0 aliphatic rings. The molecule has 0 atom stereocenters. The van der Waals surface area contributed by atoms with E-state index in [0.717, 1.165) is 27.4 Å². The van der Waals surface area contributed by atoms with Gasteiger partial charge in [0.1, 0.15) is 0 Å². The third-order valence-corrected chi connectivity index (χ3v) is 6.41. The molecule has 134 valence electrons. The van der Waals surface area contributed by atoms with Crippen LogP contribution in [0.1, 0.15) is 19.5 Å². The standard InChI is InChI=1S/C15H13Br2F2O3PS.2Na.2H/c16-12-4-1-10(2-5-12)8-24-9-11-3-6-13(14(17)7-11)15(18,19)23(20,21)22;;;;/h1-7H,8-9H2,(H2,20,21,22);;;;/q;2*+1;2*-1. The van der Waals surface area contributed by atoms with E-state index in [0.29, 0.717) is 5.75 Å². The predicted octanol–water partition coefficient (Wildman–Crippen LogP) is 0.105. The first-order valence-electron chi connectivity index (χ1n) is 6.66. The molecule has 2 rings (SSSR count). The van der Waals surface area contributed by atoms with Crippen molar-refractivity contribution in [3.05, 3.63) is 68.1 Å². The molecule has 26 heavy (non-hydrogen) atoms. The molecule has 0 aromatic heterocycles. The maximum atomic E-state index is 13.8. The maximum Gasteiger partial charge on any atom is 1.00 e. The zero-order valence-electron chi connectivity index (χ0n) is 16.1. The summed E-state index contributed by atoms with van der Waals surface area (Å²) in [4.78, 5) is 17.6. The second kappa shape index (κ2) is 11.8. The molecular weight excluding hydrogens is 535 g/mol. The Bertz CT molecular complexity index is 786. The summed E-state index contributed by atoms with van der Waals surface area (Å²) < 4.78 is 39.5. The van der Waals surface area contributed by atoms with E-state index >= 15 is 0 Å². The molecule has 0 aliphatic heterocycles. The van der Waals surface area contributed by atoms with Crippen LogP contribution >= 0.6 is 51.2 Å². The number of halogens is 4. The van der Waals surface area contributed by atoms with E-state index in [4.69, 9.17) is 9.79 Å². The Labute approximate surface area is 219 Å². The first-order chi connectivity index (χ1) is 11.1. The Morgan fingerprint density at radius 1 is 1.00 bits per heavy atom. The minimum Gasteiger partial charge on any atom is -1.00 e. The number of rotatable bonds is 6. The largest absolute Gasteiger partial charge is 1.00 e. The Hall–Kier alpha value is 1.76. The van der Waals surface area contributed by atoms with Crippen molar-refractivity contribution in [1.29, 1.82) is 0 Å². The molecular formula is C15H15Br2F2Na2O3PS. The third kappa shape index (κ3) is 7.54. The van der Waals surface area contributed by atoms with Gasteiger partial charge in [-0.05, 0) is 29.3 Å². The zero-order chi connectivity index (χ0) is 18.0. The molecule has 0 unspecified atom stereocenters. The molecule has 0 bridgehead atoms. The fourth-order valence-electron chi connectivity index (χ4n) is 1.92. The average molecular weight is 550 g/mol. The molecule has 11 heteroatoms. The van der Waals surface area contributed by atoms with Crippen LogP contribution in [0.5, 0.6) is 0 Å². The Morgan fingerprint density at radius 2 is 1.50 bits per heavy atom. The van der Waals surface area contributed by atoms with Crippen LogP contribution in [0.4, 0.5) is 8.78 Å². The van der Waals surface area contributed by atoms with Crippen LogP contribution in [0.2, 0.25) is 0 Å². The van der Waals surface area contributed by atoms with E-state index in [1.165, 1.54) is 12.1 Å². The van der Waals surface area contributed by atoms with Crippen molar-refractivity contribution in [2.45, 2.75) is 17.2 Å². The third-order valence-electron chi connectivity index (χ3n) is 3.17. The molecule has 0 heterocycles. The number of thioether (sulfide) groups is 1. The van der Waals surface area contributed by atoms with E-state index in [9.17, 15) is 13.3 Å². The maximum absolute atomic E-state index is 13.8. The Kier molecular flexibility index (Phi) is 12.6. The van der Waals surface area contributed by atoms with Crippen LogP contribution in [0, 0.1) is 0 Å². The number of hydrogen-bond donors (Lipinski definition) is 2. The van der Waals surface area contributed by atoms with E-state index in [1.54, 1.807) is 11.8 Å². The SMILES string of the molecule is O=P(O)(O)C(F)(F)c1ccc(CSCc2ccc(Br)cc2)cc1Br.[H-].[H-].[Na+].[Na+]. The van der Waals surface area contributed by atoms with Crippen molar-refractivity contribution in [1.82, 2.24) is 0 Å². The molecule has 2 aromatic carbocycles. The first-order valence-corrected chi connectivity index (χ1v) is 11.0. The number of benzene rings is 2. The monoisotopic (exact) mass is 548 g/mol. The Balaban J connectivity index is -0.00000156. The fourth-order valence-corrected chi connectivity index (χ4v) is 4.46. The number of alkyl halides is 2. The van der Waals surface area contributed by atoms with Gasteiger partial charge in [-0.1, -0.05) is 56.1 Å². The minimum absolute atomic E-state index is 0. The van der Waals surface area contributed by atoms with Gasteiger partial charge in [0.25, 0.3) is 0 Å². The van der Waals surface area contributed by atoms with Crippen molar-refractivity contribution in [2.75, 3.05) is 0 Å². The van der Waals surface area contributed by atoms with Crippen LogP contribution in [0.25, 0.3) is 0 Å². The van der Waals surface area contributed by atoms with Crippen LogP contribution < -0.4 is 59.1 Å². The van der Waals surface area contributed by atoms with Gasteiger partial charge in [0, 0.05) is 26.0 Å². The van der Waals surface area contributed by atoms with Crippen molar-refractivity contribution in [2.24, 2.45) is 0 Å². The molecule has 3 nitrogen and oxygen atoms in total. The van der Waals surface area contributed by atoms with Crippen LogP contribution in [0.3, 0.4) is 0 Å². The van der Waals surface area contributed by atoms with Gasteiger partial charge in [-0.15, -0.1) is 0 Å². The fraction of sp³-hybridized carbons (Fsp3) is 0.200. The summed E-state index contributed by atoms with van der Waals surface area (Å²) in [6, 6.07) is 11.9. The Morgan fingerprint density at radius 3 is 2.00 bits per heavy atom. The first kappa shape index (κ1) is 27.8. The van der Waals surface area contributed by atoms with Gasteiger partial charge in [0.05, 0.1) is 0 Å². The summed E-state index contributed by atoms with van der Waals surface area (Å²) in [6.45, 7) is 0. The van der Waals surface area contributed by atoms with Gasteiger partial charge in [-0.25, -0.2) is 0 Å². The summed E-state index contributed by atoms with van der Waals surface area (Å²) in [7, 11) is -5.57. The normalized spacial score (nSPS) is 11.5. The van der Waals surface area contributed by atoms with Crippen molar-refractivity contribution in [3.63, 3.8) is 0 Å². The van der Waals surface area contributed by atoms with E-state index in [1.807, 2.05) is 24.3 Å². The second-order valence-electron chi connectivity index (χ2n) is 5.02.